The summed E-state index contributed by atoms with van der Waals surface area (Å²) in [5, 5.41) is 3.09. The van der Waals surface area contributed by atoms with Gasteiger partial charge in [-0.3, -0.25) is 0 Å². The quantitative estimate of drug-likeness (QED) is 0.901. The SMILES string of the molecule is COc1cc(F)ccc1NCc1cc(F)ccc1Br. The highest BCUT2D eigenvalue weighted by Gasteiger charge is 2.06. The molecule has 100 valence electrons. The predicted molar refractivity (Wildman–Crippen MR) is 74.4 cm³/mol. The second-order valence-corrected chi connectivity index (χ2v) is 4.79. The van der Waals surface area contributed by atoms with Crippen LogP contribution in [0.4, 0.5) is 14.5 Å². The van der Waals surface area contributed by atoms with Crippen molar-refractivity contribution in [1.82, 2.24) is 0 Å². The molecule has 0 saturated carbocycles. The summed E-state index contributed by atoms with van der Waals surface area (Å²) in [5.74, 6) is -0.257. The maximum Gasteiger partial charge on any atom is 0.144 e. The van der Waals surface area contributed by atoms with E-state index in [4.69, 9.17) is 4.74 Å². The molecule has 0 spiro atoms. The van der Waals surface area contributed by atoms with Crippen molar-refractivity contribution >= 4 is 21.6 Å². The number of ether oxygens (including phenoxy) is 1. The van der Waals surface area contributed by atoms with Gasteiger partial charge in [-0.05, 0) is 35.9 Å². The molecule has 5 heteroatoms. The first-order chi connectivity index (χ1) is 9.10. The molecule has 0 unspecified atom stereocenters. The highest BCUT2D eigenvalue weighted by Crippen LogP contribution is 2.26. The summed E-state index contributed by atoms with van der Waals surface area (Å²) in [6.45, 7) is 0.403. The van der Waals surface area contributed by atoms with Crippen LogP contribution in [0, 0.1) is 11.6 Å². The Morgan fingerprint density at radius 1 is 1.11 bits per heavy atom. The van der Waals surface area contributed by atoms with Gasteiger partial charge in [0, 0.05) is 17.1 Å². The Bertz CT molecular complexity index is 590. The third-order valence-corrected chi connectivity index (χ3v) is 3.41. The second-order valence-electron chi connectivity index (χ2n) is 3.93. The minimum absolute atomic E-state index is 0.300. The fourth-order valence-corrected chi connectivity index (χ4v) is 2.07. The number of benzene rings is 2. The van der Waals surface area contributed by atoms with Crippen molar-refractivity contribution in [2.45, 2.75) is 6.54 Å². The molecule has 1 N–H and O–H groups in total. The topological polar surface area (TPSA) is 21.3 Å². The van der Waals surface area contributed by atoms with Gasteiger partial charge in [0.15, 0.2) is 0 Å². The van der Waals surface area contributed by atoms with E-state index in [1.54, 1.807) is 12.1 Å². The van der Waals surface area contributed by atoms with Crippen LogP contribution in [0.1, 0.15) is 5.56 Å². The van der Waals surface area contributed by atoms with Crippen LogP contribution >= 0.6 is 15.9 Å². The Balaban J connectivity index is 2.16. The molecule has 2 aromatic carbocycles. The Kier molecular flexibility index (Phi) is 4.37. The van der Waals surface area contributed by atoms with E-state index in [1.165, 1.54) is 31.4 Å². The lowest BCUT2D eigenvalue weighted by molar-refractivity contribution is 0.413. The molecular weight excluding hydrogens is 316 g/mol. The molecule has 0 bridgehead atoms. The van der Waals surface area contributed by atoms with Crippen LogP contribution in [-0.4, -0.2) is 7.11 Å². The van der Waals surface area contributed by atoms with Gasteiger partial charge in [0.05, 0.1) is 12.8 Å². The molecule has 2 rings (SSSR count). The van der Waals surface area contributed by atoms with Crippen LogP contribution < -0.4 is 10.1 Å². The third kappa shape index (κ3) is 3.44. The zero-order chi connectivity index (χ0) is 13.8. The summed E-state index contributed by atoms with van der Waals surface area (Å²) in [4.78, 5) is 0. The third-order valence-electron chi connectivity index (χ3n) is 2.64. The van der Waals surface area contributed by atoms with Crippen molar-refractivity contribution in [3.8, 4) is 5.75 Å². The number of hydrogen-bond acceptors (Lipinski definition) is 2. The molecule has 0 fully saturated rings. The van der Waals surface area contributed by atoms with Crippen LogP contribution in [-0.2, 0) is 6.54 Å². The smallest absolute Gasteiger partial charge is 0.144 e. The molecule has 0 radical (unpaired) electrons. The van der Waals surface area contributed by atoms with Crippen molar-refractivity contribution in [1.29, 1.82) is 0 Å². The Morgan fingerprint density at radius 2 is 1.79 bits per heavy atom. The Morgan fingerprint density at radius 3 is 2.53 bits per heavy atom. The normalized spacial score (nSPS) is 10.3. The number of methoxy groups -OCH3 is 1. The number of nitrogens with one attached hydrogen (secondary N) is 1. The van der Waals surface area contributed by atoms with Crippen LogP contribution in [0.2, 0.25) is 0 Å². The first-order valence-electron chi connectivity index (χ1n) is 5.61. The average Bonchev–Trinajstić information content (AvgIpc) is 2.40. The Labute approximate surface area is 118 Å². The lowest BCUT2D eigenvalue weighted by atomic mass is 10.2. The zero-order valence-electron chi connectivity index (χ0n) is 10.2. The van der Waals surface area contributed by atoms with E-state index in [0.29, 0.717) is 18.0 Å². The molecule has 0 aromatic heterocycles. The summed E-state index contributed by atoms with van der Waals surface area (Å²) < 4.78 is 32.1. The molecule has 2 nitrogen and oxygen atoms in total. The van der Waals surface area contributed by atoms with Crippen LogP contribution in [0.5, 0.6) is 5.75 Å². The van der Waals surface area contributed by atoms with E-state index in [2.05, 4.69) is 21.2 Å². The van der Waals surface area contributed by atoms with Crippen molar-refractivity contribution in [2.75, 3.05) is 12.4 Å². The molecular formula is C14H12BrF2NO. The molecule has 0 aliphatic carbocycles. The fourth-order valence-electron chi connectivity index (χ4n) is 1.68. The zero-order valence-corrected chi connectivity index (χ0v) is 11.8. The monoisotopic (exact) mass is 327 g/mol. The van der Waals surface area contributed by atoms with Crippen LogP contribution in [0.3, 0.4) is 0 Å². The number of halogens is 3. The second kappa shape index (κ2) is 6.02. The molecule has 0 aliphatic rings. The van der Waals surface area contributed by atoms with E-state index in [9.17, 15) is 8.78 Å². The van der Waals surface area contributed by atoms with Gasteiger partial charge in [-0.2, -0.15) is 0 Å². The summed E-state index contributed by atoms with van der Waals surface area (Å²) in [6.07, 6.45) is 0. The highest BCUT2D eigenvalue weighted by molar-refractivity contribution is 9.10. The van der Waals surface area contributed by atoms with E-state index in [1.807, 2.05) is 0 Å². The van der Waals surface area contributed by atoms with Crippen molar-refractivity contribution in [3.05, 3.63) is 58.1 Å². The Hall–Kier alpha value is -1.62. The molecule has 19 heavy (non-hydrogen) atoms. The van der Waals surface area contributed by atoms with Gasteiger partial charge >= 0.3 is 0 Å². The summed E-state index contributed by atoms with van der Waals surface area (Å²) >= 11 is 3.35. The van der Waals surface area contributed by atoms with Gasteiger partial charge in [-0.15, -0.1) is 0 Å². The summed E-state index contributed by atoms with van der Waals surface area (Å²) in [6, 6.07) is 8.68. The molecule has 0 heterocycles. The summed E-state index contributed by atoms with van der Waals surface area (Å²) in [7, 11) is 1.47. The van der Waals surface area contributed by atoms with Gasteiger partial charge in [0.25, 0.3) is 0 Å². The van der Waals surface area contributed by atoms with Gasteiger partial charge in [0.2, 0.25) is 0 Å². The predicted octanol–water partition coefficient (Wildman–Crippen LogP) is 4.35. The van der Waals surface area contributed by atoms with Gasteiger partial charge < -0.3 is 10.1 Å². The maximum absolute atomic E-state index is 13.1. The standard InChI is InChI=1S/C14H12BrF2NO/c1-19-14-7-11(17)3-5-13(14)18-8-9-6-10(16)2-4-12(9)15/h2-7,18H,8H2,1H3. The minimum atomic E-state index is -0.366. The van der Waals surface area contributed by atoms with Crippen LogP contribution in [0.25, 0.3) is 0 Å². The first kappa shape index (κ1) is 13.8. The van der Waals surface area contributed by atoms with E-state index >= 15 is 0 Å². The van der Waals surface area contributed by atoms with Crippen LogP contribution in [0.15, 0.2) is 40.9 Å². The van der Waals surface area contributed by atoms with Gasteiger partial charge in [-0.1, -0.05) is 15.9 Å². The fraction of sp³-hybridized carbons (Fsp3) is 0.143. The molecule has 0 amide bonds. The molecule has 0 atom stereocenters. The molecule has 0 saturated heterocycles. The highest BCUT2D eigenvalue weighted by atomic mass is 79.9. The van der Waals surface area contributed by atoms with Crippen molar-refractivity contribution in [2.24, 2.45) is 0 Å². The van der Waals surface area contributed by atoms with E-state index in [-0.39, 0.29) is 11.6 Å². The lowest BCUT2D eigenvalue weighted by Gasteiger charge is -2.12. The van der Waals surface area contributed by atoms with E-state index in [0.717, 1.165) is 10.0 Å². The number of rotatable bonds is 4. The summed E-state index contributed by atoms with van der Waals surface area (Å²) in [5.41, 5.74) is 1.42. The van der Waals surface area contributed by atoms with Gasteiger partial charge in [-0.25, -0.2) is 8.78 Å². The maximum atomic E-state index is 13.1. The van der Waals surface area contributed by atoms with Crippen molar-refractivity contribution in [3.63, 3.8) is 0 Å². The molecule has 2 aromatic rings. The van der Waals surface area contributed by atoms with E-state index < -0.39 is 0 Å². The lowest BCUT2D eigenvalue weighted by Crippen LogP contribution is -2.02. The number of anilines is 1. The van der Waals surface area contributed by atoms with Gasteiger partial charge in [0.1, 0.15) is 17.4 Å². The number of hydrogen-bond donors (Lipinski definition) is 1. The van der Waals surface area contributed by atoms with Crippen molar-refractivity contribution < 1.29 is 13.5 Å². The first-order valence-corrected chi connectivity index (χ1v) is 6.41. The largest absolute Gasteiger partial charge is 0.494 e. The minimum Gasteiger partial charge on any atom is -0.494 e. The average molecular weight is 328 g/mol. The molecule has 0 aliphatic heterocycles.